The van der Waals surface area contributed by atoms with Crippen molar-refractivity contribution in [3.63, 3.8) is 0 Å². The van der Waals surface area contributed by atoms with Gasteiger partial charge < -0.3 is 111 Å². The Hall–Kier alpha value is 4.99. The van der Waals surface area contributed by atoms with Crippen LogP contribution in [0.25, 0.3) is 0 Å². The minimum atomic E-state index is -3.83. The highest BCUT2D eigenvalue weighted by atomic mass is 28.5. The van der Waals surface area contributed by atoms with E-state index in [0.717, 1.165) is 54.4 Å². The molecule has 4 aliphatic heterocycles. The second kappa shape index (κ2) is 44.5. The molecule has 4 saturated heterocycles. The molecule has 4 rings (SSSR count). The van der Waals surface area contributed by atoms with Crippen LogP contribution in [-0.2, 0) is 111 Å². The summed E-state index contributed by atoms with van der Waals surface area (Å²) in [5, 5.41) is 0. The molecule has 0 aliphatic carbocycles. The largest absolute Gasteiger partial charge is 0.641 e. The van der Waals surface area contributed by atoms with E-state index in [9.17, 15) is 0 Å². The van der Waals surface area contributed by atoms with Crippen molar-refractivity contribution in [1.82, 2.24) is 0 Å². The lowest BCUT2D eigenvalue weighted by molar-refractivity contribution is 0.139. The minimum absolute atomic E-state index is 0.189. The van der Waals surface area contributed by atoms with Crippen LogP contribution in [0.5, 0.6) is 0 Å². The van der Waals surface area contributed by atoms with Gasteiger partial charge in [-0.15, -0.1) is 0 Å². The summed E-state index contributed by atoms with van der Waals surface area (Å²) in [6.07, 6.45) is 0.189. The fourth-order valence-electron chi connectivity index (χ4n) is 8.26. The zero-order valence-electron chi connectivity index (χ0n) is 49.4. The third-order valence-electron chi connectivity index (χ3n) is 11.7. The van der Waals surface area contributed by atoms with Crippen LogP contribution in [0, 0.1) is 0 Å². The Balaban J connectivity index is 1.31. The second-order valence-corrected chi connectivity index (χ2v) is 81.9. The van der Waals surface area contributed by atoms with E-state index in [0.29, 0.717) is 0 Å². The molecule has 0 amide bonds. The van der Waals surface area contributed by atoms with Gasteiger partial charge in [0.2, 0.25) is 0 Å². The van der Waals surface area contributed by atoms with Gasteiger partial charge in [0.1, 0.15) is 29.3 Å². The quantitative estimate of drug-likeness (QED) is 0.0417. The minimum Gasteiger partial charge on any atom is -0.446 e. The van der Waals surface area contributed by atoms with Crippen molar-refractivity contribution in [3.05, 3.63) is 0 Å². The summed E-state index contributed by atoms with van der Waals surface area (Å²) in [4.78, 5) is 0. The molecule has 0 radical (unpaired) electrons. The van der Waals surface area contributed by atoms with E-state index < -0.39 is 266 Å². The molecular formula is C24H98O27Si28. The summed E-state index contributed by atoms with van der Waals surface area (Å²) in [7, 11) is -46.4. The van der Waals surface area contributed by atoms with E-state index in [1.54, 1.807) is 0 Å². The van der Waals surface area contributed by atoms with Gasteiger partial charge in [0, 0.05) is 6.10 Å². The zero-order valence-corrected chi connectivity index (χ0v) is 84.3. The van der Waals surface area contributed by atoms with E-state index in [4.69, 9.17) is 111 Å². The molecular weight excluding hydrogens is 1510 g/mol. The molecule has 0 aromatic carbocycles. The number of hydrogen-bond acceptors (Lipinski definition) is 27. The van der Waals surface area contributed by atoms with Crippen molar-refractivity contribution in [2.24, 2.45) is 0 Å². The SMILES string of the molecule is CC1C[SiH](C)O[SiH](C)O[SiH](CC[SiH2]O[SiH2]O[SiH2]O[Si](O[SiH2]O[SiH2]O[SiH2]CC[SiH]2O[SiH](C)O[SiH](C)O[SiH](C)O2)(O[SiH2]O[SiH2]O[SiH2]CC[SiH]2O[SiH](C)O[SiH](C)O[SiH](C)O2)O[SiH2]O[SiH2]O[Si](C)(C)CC[SiH]2O[SiH](C)O[SiH](C)O[SiH](C)O2)O1. The summed E-state index contributed by atoms with van der Waals surface area (Å²) in [5.41, 5.74) is 0. The predicted molar refractivity (Wildman–Crippen MR) is 371 cm³/mol. The molecule has 27 nitrogen and oxygen atoms in total. The molecule has 0 N–H and O–H groups in total. The summed E-state index contributed by atoms with van der Waals surface area (Å²) in [5.74, 6) is 0. The smallest absolute Gasteiger partial charge is 0.446 e. The van der Waals surface area contributed by atoms with E-state index in [1.165, 1.54) is 0 Å². The summed E-state index contributed by atoms with van der Waals surface area (Å²) in [6, 6.07) is 8.30. The van der Waals surface area contributed by atoms with Crippen LogP contribution in [0.1, 0.15) is 6.92 Å². The monoisotopic (exact) mass is 1600 g/mol. The maximum Gasteiger partial charge on any atom is 0.641 e. The average Bonchev–Trinajstić information content (AvgIpc) is 3.33. The highest BCUT2D eigenvalue weighted by molar-refractivity contribution is 6.79. The van der Waals surface area contributed by atoms with Gasteiger partial charge in [0.25, 0.3) is 173 Å². The molecule has 0 aromatic heterocycles. The van der Waals surface area contributed by atoms with Gasteiger partial charge in [0.05, 0.1) is 0 Å². The fraction of sp³-hybridized carbons (Fsp3) is 1.00. The van der Waals surface area contributed by atoms with Crippen LogP contribution >= 0.6 is 0 Å². The van der Waals surface area contributed by atoms with E-state index >= 15 is 0 Å². The number of rotatable bonds is 36. The molecule has 0 bridgehead atoms. The van der Waals surface area contributed by atoms with Crippen LogP contribution in [0.3, 0.4) is 0 Å². The van der Waals surface area contributed by atoms with E-state index in [2.05, 4.69) is 72.4 Å². The second-order valence-electron chi connectivity index (χ2n) is 19.7. The first-order valence-corrected chi connectivity index (χ1v) is 77.0. The van der Waals surface area contributed by atoms with Gasteiger partial charge in [-0.1, -0.05) is 0 Å². The fourth-order valence-corrected chi connectivity index (χ4v) is 88.5. The Bertz CT molecular complexity index is 1380. The molecule has 4 fully saturated rings. The molecule has 0 spiro atoms. The van der Waals surface area contributed by atoms with Crippen molar-refractivity contribution in [2.75, 3.05) is 0 Å². The van der Waals surface area contributed by atoms with Crippen LogP contribution in [0.2, 0.25) is 140 Å². The Labute approximate surface area is 524 Å². The molecule has 468 valence electrons. The van der Waals surface area contributed by atoms with Gasteiger partial charge in [-0.25, -0.2) is 0 Å². The van der Waals surface area contributed by atoms with Crippen molar-refractivity contribution < 1.29 is 111 Å². The van der Waals surface area contributed by atoms with Gasteiger partial charge in [-0.05, 0) is 146 Å². The third-order valence-corrected chi connectivity index (χ3v) is 86.7. The van der Waals surface area contributed by atoms with Crippen LogP contribution in [0.4, 0.5) is 0 Å². The standard InChI is InChI=1S/C24H98O27Si28/c1-24-23-63(2)38-64(3)45-74(25-24)18-15-52-26-55-29-59-34-79(35-60-30-56-27-53-16-19-75-46-68(7)39-65(4)40-69(8)47-75,36-61-31-57-28-54-17-20-76-48-70(9)41-66(5)42-71(10)49-76)37-62-32-58-33-78(13,14)22-21-77-50-72(11)43-67(6)44-73(12)51-77/h24,63-77H,15-23,52-62H2,1-14H3. The van der Waals surface area contributed by atoms with Crippen LogP contribution in [-0.4, -0.2) is 272 Å². The summed E-state index contributed by atoms with van der Waals surface area (Å²) < 4.78 is 169. The first kappa shape index (κ1) is 76.4. The van der Waals surface area contributed by atoms with E-state index in [1.807, 2.05) is 19.6 Å². The predicted octanol–water partition coefficient (Wildman–Crippen LogP) is -10.2. The Morgan fingerprint density at radius 2 is 0.646 bits per heavy atom. The third kappa shape index (κ3) is 37.2. The lowest BCUT2D eigenvalue weighted by Gasteiger charge is -2.32. The van der Waals surface area contributed by atoms with Gasteiger partial charge in [0.15, 0.2) is 17.4 Å². The lowest BCUT2D eigenvalue weighted by atomic mass is 10.5. The molecule has 0 aromatic rings. The first-order valence-electron chi connectivity index (χ1n) is 27.8. The Morgan fingerprint density at radius 3 is 1.03 bits per heavy atom. The van der Waals surface area contributed by atoms with Crippen molar-refractivity contribution in [3.8, 4) is 0 Å². The Morgan fingerprint density at radius 1 is 0.354 bits per heavy atom. The van der Waals surface area contributed by atoms with Crippen LogP contribution in [0.15, 0.2) is 0 Å². The molecule has 4 aliphatic rings. The maximum atomic E-state index is 6.55. The highest BCUT2D eigenvalue weighted by Crippen LogP contribution is 2.21. The average molecular weight is 1610 g/mol. The molecule has 55 heteroatoms. The van der Waals surface area contributed by atoms with Gasteiger partial charge >= 0.3 is 46.2 Å². The normalized spacial score (nSPS) is 35.5. The number of hydrogen-bond donors (Lipinski definition) is 0. The van der Waals surface area contributed by atoms with Crippen molar-refractivity contribution in [1.29, 1.82) is 0 Å². The first-order chi connectivity index (χ1) is 37.7. The highest BCUT2D eigenvalue weighted by Gasteiger charge is 2.45. The van der Waals surface area contributed by atoms with Gasteiger partial charge in [-0.2, -0.15) is 0 Å². The molecule has 10 atom stereocenters. The molecule has 4 heterocycles. The summed E-state index contributed by atoms with van der Waals surface area (Å²) >= 11 is 0. The van der Waals surface area contributed by atoms with Crippen molar-refractivity contribution in [2.45, 2.75) is 153 Å². The van der Waals surface area contributed by atoms with Crippen LogP contribution < -0.4 is 0 Å². The molecule has 79 heavy (non-hydrogen) atoms. The van der Waals surface area contributed by atoms with Gasteiger partial charge in [-0.3, -0.25) is 0 Å². The van der Waals surface area contributed by atoms with E-state index in [-0.39, 0.29) is 6.10 Å². The Kier molecular flexibility index (Phi) is 43.0. The topological polar surface area (TPSA) is 249 Å². The van der Waals surface area contributed by atoms with Crippen molar-refractivity contribution >= 4 is 266 Å². The zero-order chi connectivity index (χ0) is 57.5. The lowest BCUT2D eigenvalue weighted by Crippen LogP contribution is -2.54. The maximum absolute atomic E-state index is 6.55. The molecule has 0 saturated carbocycles. The molecule has 10 unspecified atom stereocenters. The summed E-state index contributed by atoms with van der Waals surface area (Å²) in [6.45, 7) is 29.4.